The van der Waals surface area contributed by atoms with Crippen molar-refractivity contribution < 1.29 is 0 Å². The Labute approximate surface area is 219 Å². The standard InChI is InChI=1S/C34H22N2S/c1-3-10-27-24(7-1)25-8-2-4-11-28(25)34-33(27)35-20-30(36-34)22-15-13-21(14-16-22)23-17-18-32-29(19-23)26-9-5-6-12-31(26)37-32/h1-20,26,31H. The Morgan fingerprint density at radius 2 is 1.24 bits per heavy atom. The van der Waals surface area contributed by atoms with Gasteiger partial charge in [-0.25, -0.2) is 4.98 Å². The monoisotopic (exact) mass is 490 g/mol. The summed E-state index contributed by atoms with van der Waals surface area (Å²) < 4.78 is 0. The molecule has 5 aromatic carbocycles. The van der Waals surface area contributed by atoms with Crippen molar-refractivity contribution in [2.24, 2.45) is 0 Å². The molecule has 2 aliphatic rings. The summed E-state index contributed by atoms with van der Waals surface area (Å²) in [5.41, 5.74) is 7.81. The van der Waals surface area contributed by atoms with Gasteiger partial charge in [0.05, 0.1) is 22.9 Å². The molecule has 0 saturated carbocycles. The SMILES string of the molecule is C1=CC2Sc3ccc(-c4ccc(-c5cnc6c7ccccc7c7ccccc7c6n5)cc4)cc3C2C=C1. The fourth-order valence-electron chi connectivity index (χ4n) is 5.82. The fourth-order valence-corrected chi connectivity index (χ4v) is 7.14. The molecule has 2 unspecified atom stereocenters. The van der Waals surface area contributed by atoms with Crippen molar-refractivity contribution in [1.82, 2.24) is 9.97 Å². The third kappa shape index (κ3) is 3.28. The number of benzene rings is 5. The van der Waals surface area contributed by atoms with Gasteiger partial charge in [-0.2, -0.15) is 0 Å². The van der Waals surface area contributed by atoms with Gasteiger partial charge in [0, 0.05) is 32.4 Å². The van der Waals surface area contributed by atoms with Crippen LogP contribution >= 0.6 is 11.8 Å². The summed E-state index contributed by atoms with van der Waals surface area (Å²) in [5.74, 6) is 0.475. The zero-order valence-corrected chi connectivity index (χ0v) is 20.8. The lowest BCUT2D eigenvalue weighted by Gasteiger charge is -2.15. The minimum absolute atomic E-state index is 0.475. The normalized spacial score (nSPS) is 17.9. The molecule has 2 heterocycles. The van der Waals surface area contributed by atoms with Gasteiger partial charge in [0.25, 0.3) is 0 Å². The third-order valence-corrected chi connectivity index (χ3v) is 9.01. The molecule has 1 aliphatic heterocycles. The van der Waals surface area contributed by atoms with Crippen LogP contribution in [-0.4, -0.2) is 15.2 Å². The summed E-state index contributed by atoms with van der Waals surface area (Å²) in [6.45, 7) is 0. The minimum atomic E-state index is 0.475. The lowest BCUT2D eigenvalue weighted by molar-refractivity contribution is 0.881. The molecule has 0 fully saturated rings. The van der Waals surface area contributed by atoms with E-state index >= 15 is 0 Å². The summed E-state index contributed by atoms with van der Waals surface area (Å²) in [7, 11) is 0. The van der Waals surface area contributed by atoms with Gasteiger partial charge in [-0.15, -0.1) is 11.8 Å². The van der Waals surface area contributed by atoms with Gasteiger partial charge in [-0.3, -0.25) is 4.98 Å². The second kappa shape index (κ2) is 8.16. The molecule has 1 aliphatic carbocycles. The van der Waals surface area contributed by atoms with Crippen LogP contribution in [0.3, 0.4) is 0 Å². The molecule has 0 radical (unpaired) electrons. The second-order valence-corrected chi connectivity index (χ2v) is 11.0. The molecule has 2 nitrogen and oxygen atoms in total. The highest BCUT2D eigenvalue weighted by Gasteiger charge is 2.31. The average molecular weight is 491 g/mol. The van der Waals surface area contributed by atoms with Gasteiger partial charge < -0.3 is 0 Å². The maximum absolute atomic E-state index is 5.14. The van der Waals surface area contributed by atoms with E-state index in [4.69, 9.17) is 9.97 Å². The first-order valence-corrected chi connectivity index (χ1v) is 13.5. The minimum Gasteiger partial charge on any atom is -0.252 e. The van der Waals surface area contributed by atoms with Crippen molar-refractivity contribution >= 4 is 44.3 Å². The number of nitrogens with zero attached hydrogens (tertiary/aromatic N) is 2. The number of rotatable bonds is 2. The molecule has 0 amide bonds. The number of hydrogen-bond donors (Lipinski definition) is 0. The highest BCUT2D eigenvalue weighted by molar-refractivity contribution is 8.00. The largest absolute Gasteiger partial charge is 0.252 e. The zero-order valence-electron chi connectivity index (χ0n) is 20.0. The number of thioether (sulfide) groups is 1. The first-order valence-electron chi connectivity index (χ1n) is 12.7. The van der Waals surface area contributed by atoms with E-state index < -0.39 is 0 Å². The topological polar surface area (TPSA) is 25.8 Å². The molecule has 0 N–H and O–H groups in total. The third-order valence-electron chi connectivity index (χ3n) is 7.66. The van der Waals surface area contributed by atoms with E-state index in [1.165, 1.54) is 32.4 Å². The maximum atomic E-state index is 5.14. The Balaban J connectivity index is 1.20. The van der Waals surface area contributed by atoms with E-state index in [9.17, 15) is 0 Å². The lowest BCUT2D eigenvalue weighted by Crippen LogP contribution is -2.06. The quantitative estimate of drug-likeness (QED) is 0.227. The molecule has 0 spiro atoms. The van der Waals surface area contributed by atoms with Crippen molar-refractivity contribution in [3.8, 4) is 22.4 Å². The summed E-state index contributed by atoms with van der Waals surface area (Å²) >= 11 is 1.97. The van der Waals surface area contributed by atoms with Gasteiger partial charge in [0.15, 0.2) is 0 Å². The first kappa shape index (κ1) is 20.9. The molecule has 2 atom stereocenters. The molecule has 0 bridgehead atoms. The van der Waals surface area contributed by atoms with Crippen LogP contribution < -0.4 is 0 Å². The Bertz CT molecular complexity index is 1880. The molecular formula is C34H22N2S. The van der Waals surface area contributed by atoms with Crippen molar-refractivity contribution in [1.29, 1.82) is 0 Å². The van der Waals surface area contributed by atoms with Crippen LogP contribution in [0.25, 0.3) is 55.0 Å². The van der Waals surface area contributed by atoms with Crippen LogP contribution in [0.1, 0.15) is 11.5 Å². The molecule has 37 heavy (non-hydrogen) atoms. The van der Waals surface area contributed by atoms with E-state index in [0.29, 0.717) is 11.2 Å². The summed E-state index contributed by atoms with van der Waals surface area (Å²) in [6, 6.07) is 32.6. The highest BCUT2D eigenvalue weighted by atomic mass is 32.2. The van der Waals surface area contributed by atoms with Crippen molar-refractivity contribution in [3.63, 3.8) is 0 Å². The number of fused-ring (bicyclic) bond motifs is 9. The molecule has 0 saturated heterocycles. The first-order chi connectivity index (χ1) is 18.3. The summed E-state index contributed by atoms with van der Waals surface area (Å²) in [6.07, 6.45) is 10.9. The lowest BCUT2D eigenvalue weighted by atomic mass is 9.90. The Kier molecular flexibility index (Phi) is 4.61. The van der Waals surface area contributed by atoms with Crippen LogP contribution in [0.2, 0.25) is 0 Å². The van der Waals surface area contributed by atoms with E-state index in [1.807, 2.05) is 18.0 Å². The van der Waals surface area contributed by atoms with Crippen LogP contribution in [-0.2, 0) is 0 Å². The predicted molar refractivity (Wildman–Crippen MR) is 156 cm³/mol. The van der Waals surface area contributed by atoms with E-state index in [1.54, 1.807) is 0 Å². The van der Waals surface area contributed by atoms with Crippen LogP contribution in [0, 0.1) is 0 Å². The van der Waals surface area contributed by atoms with E-state index in [0.717, 1.165) is 33.1 Å². The molecular weight excluding hydrogens is 468 g/mol. The number of hydrogen-bond acceptors (Lipinski definition) is 3. The number of aromatic nitrogens is 2. The van der Waals surface area contributed by atoms with Crippen molar-refractivity contribution in [2.75, 3.05) is 0 Å². The Morgan fingerprint density at radius 1 is 0.595 bits per heavy atom. The summed E-state index contributed by atoms with van der Waals surface area (Å²) in [4.78, 5) is 11.5. The predicted octanol–water partition coefficient (Wildman–Crippen LogP) is 8.95. The molecule has 8 rings (SSSR count). The second-order valence-electron chi connectivity index (χ2n) is 9.75. The van der Waals surface area contributed by atoms with Gasteiger partial charge >= 0.3 is 0 Å². The smallest absolute Gasteiger partial charge is 0.0979 e. The zero-order chi connectivity index (χ0) is 24.3. The van der Waals surface area contributed by atoms with Gasteiger partial charge in [-0.05, 0) is 39.6 Å². The fraction of sp³-hybridized carbons (Fsp3) is 0.0588. The van der Waals surface area contributed by atoms with Crippen LogP contribution in [0.5, 0.6) is 0 Å². The molecule has 174 valence electrons. The number of allylic oxidation sites excluding steroid dienone is 3. The van der Waals surface area contributed by atoms with E-state index in [-0.39, 0.29) is 0 Å². The van der Waals surface area contributed by atoms with Crippen molar-refractivity contribution in [2.45, 2.75) is 16.1 Å². The maximum Gasteiger partial charge on any atom is 0.0979 e. The average Bonchev–Trinajstić information content (AvgIpc) is 3.35. The molecule has 3 heteroatoms. The van der Waals surface area contributed by atoms with Gasteiger partial charge in [-0.1, -0.05) is 103 Å². The van der Waals surface area contributed by atoms with Gasteiger partial charge in [0.2, 0.25) is 0 Å². The van der Waals surface area contributed by atoms with E-state index in [2.05, 4.69) is 115 Å². The Hall–Kier alpha value is -4.21. The molecule has 6 aromatic rings. The van der Waals surface area contributed by atoms with Gasteiger partial charge in [0.1, 0.15) is 0 Å². The van der Waals surface area contributed by atoms with Crippen LogP contribution in [0.4, 0.5) is 0 Å². The molecule has 1 aromatic heterocycles. The summed E-state index contributed by atoms with van der Waals surface area (Å²) in [5, 5.41) is 5.25. The highest BCUT2D eigenvalue weighted by Crippen LogP contribution is 2.49. The van der Waals surface area contributed by atoms with Crippen molar-refractivity contribution in [3.05, 3.63) is 127 Å². The van der Waals surface area contributed by atoms with Crippen LogP contribution in [0.15, 0.2) is 126 Å². The Morgan fingerprint density at radius 3 is 2.03 bits per heavy atom.